The molecule has 0 aliphatic rings. The Hall–Kier alpha value is -3.29. The molecule has 2 aromatic heterocycles. The lowest BCUT2D eigenvalue weighted by atomic mass is 10.2. The molecule has 1 N–H and O–H groups in total. The first-order chi connectivity index (χ1) is 14.1. The van der Waals surface area contributed by atoms with Crippen LogP contribution in [0, 0.1) is 0 Å². The monoisotopic (exact) mass is 417 g/mol. The molecular weight excluding hydrogens is 402 g/mol. The van der Waals surface area contributed by atoms with Crippen LogP contribution in [0.4, 0.5) is 5.69 Å². The van der Waals surface area contributed by atoms with E-state index in [1.165, 1.54) is 0 Å². The third kappa shape index (κ3) is 3.35. The minimum Gasteiger partial charge on any atom is -0.280 e. The van der Waals surface area contributed by atoms with Gasteiger partial charge < -0.3 is 0 Å². The van der Waals surface area contributed by atoms with Gasteiger partial charge in [0, 0.05) is 22.8 Å². The van der Waals surface area contributed by atoms with Crippen LogP contribution in [-0.2, 0) is 10.0 Å². The van der Waals surface area contributed by atoms with E-state index in [0.717, 1.165) is 26.2 Å². The molecule has 7 heteroatoms. The molecule has 5 rings (SSSR count). The third-order valence-electron chi connectivity index (χ3n) is 4.56. The maximum absolute atomic E-state index is 12.9. The summed E-state index contributed by atoms with van der Waals surface area (Å²) in [5, 5.41) is 1.68. The van der Waals surface area contributed by atoms with E-state index < -0.39 is 10.0 Å². The standard InChI is InChI=1S/C22H15N3O2S2/c26-29(27,20-9-3-5-15-6-4-14-23-21(15)20)25-17-12-10-16(11-13-17)22-24-18-7-1-2-8-19(18)28-22/h1-14,25H. The summed E-state index contributed by atoms with van der Waals surface area (Å²) in [5.41, 5.74) is 2.85. The van der Waals surface area contributed by atoms with E-state index in [0.29, 0.717) is 11.2 Å². The maximum Gasteiger partial charge on any atom is 0.264 e. The van der Waals surface area contributed by atoms with Gasteiger partial charge in [-0.3, -0.25) is 9.71 Å². The van der Waals surface area contributed by atoms with Gasteiger partial charge in [-0.05, 0) is 48.5 Å². The van der Waals surface area contributed by atoms with Crippen molar-refractivity contribution in [1.29, 1.82) is 0 Å². The van der Waals surface area contributed by atoms with E-state index in [1.54, 1.807) is 47.9 Å². The largest absolute Gasteiger partial charge is 0.280 e. The highest BCUT2D eigenvalue weighted by Gasteiger charge is 2.18. The Bertz CT molecular complexity index is 1400. The number of hydrogen-bond acceptors (Lipinski definition) is 5. The van der Waals surface area contributed by atoms with Gasteiger partial charge in [-0.15, -0.1) is 11.3 Å². The van der Waals surface area contributed by atoms with E-state index in [4.69, 9.17) is 0 Å². The number of anilines is 1. The highest BCUT2D eigenvalue weighted by atomic mass is 32.2. The van der Waals surface area contributed by atoms with Gasteiger partial charge in [-0.1, -0.05) is 30.3 Å². The lowest BCUT2D eigenvalue weighted by Gasteiger charge is -2.10. The minimum atomic E-state index is -3.76. The van der Waals surface area contributed by atoms with Crippen molar-refractivity contribution in [2.24, 2.45) is 0 Å². The Morgan fingerprint density at radius 1 is 0.828 bits per heavy atom. The molecule has 0 radical (unpaired) electrons. The van der Waals surface area contributed by atoms with Crippen molar-refractivity contribution >= 4 is 48.2 Å². The molecule has 3 aromatic carbocycles. The molecule has 5 aromatic rings. The van der Waals surface area contributed by atoms with Crippen molar-refractivity contribution in [2.75, 3.05) is 4.72 Å². The Kier molecular flexibility index (Phi) is 4.26. The fraction of sp³-hybridized carbons (Fsp3) is 0. The minimum absolute atomic E-state index is 0.158. The summed E-state index contributed by atoms with van der Waals surface area (Å²) in [7, 11) is -3.76. The number of para-hydroxylation sites is 2. The number of thiazole rings is 1. The molecule has 0 saturated carbocycles. The summed E-state index contributed by atoms with van der Waals surface area (Å²) in [6.07, 6.45) is 1.59. The van der Waals surface area contributed by atoms with Gasteiger partial charge in [0.15, 0.2) is 0 Å². The van der Waals surface area contributed by atoms with Crippen molar-refractivity contribution in [1.82, 2.24) is 9.97 Å². The van der Waals surface area contributed by atoms with Crippen LogP contribution < -0.4 is 4.72 Å². The number of nitrogens with one attached hydrogen (secondary N) is 1. The zero-order valence-corrected chi connectivity index (χ0v) is 16.7. The first-order valence-corrected chi connectivity index (χ1v) is 11.2. The van der Waals surface area contributed by atoms with Crippen LogP contribution in [0.5, 0.6) is 0 Å². The van der Waals surface area contributed by atoms with Crippen LogP contribution >= 0.6 is 11.3 Å². The SMILES string of the molecule is O=S(=O)(Nc1ccc(-c2nc3ccccc3s2)cc1)c1cccc2cccnc12. The maximum atomic E-state index is 12.9. The Morgan fingerprint density at radius 2 is 1.62 bits per heavy atom. The van der Waals surface area contributed by atoms with Crippen LogP contribution in [0.1, 0.15) is 0 Å². The highest BCUT2D eigenvalue weighted by Crippen LogP contribution is 2.31. The second-order valence-electron chi connectivity index (χ2n) is 6.50. The zero-order chi connectivity index (χ0) is 19.8. The van der Waals surface area contributed by atoms with Crippen molar-refractivity contribution in [3.8, 4) is 10.6 Å². The topological polar surface area (TPSA) is 72.0 Å². The van der Waals surface area contributed by atoms with Crippen LogP contribution in [0.3, 0.4) is 0 Å². The van der Waals surface area contributed by atoms with E-state index in [1.807, 2.05) is 48.5 Å². The molecule has 2 heterocycles. The van der Waals surface area contributed by atoms with E-state index >= 15 is 0 Å². The normalized spacial score (nSPS) is 11.7. The first-order valence-electron chi connectivity index (χ1n) is 8.93. The predicted molar refractivity (Wildman–Crippen MR) is 118 cm³/mol. The highest BCUT2D eigenvalue weighted by molar-refractivity contribution is 7.93. The smallest absolute Gasteiger partial charge is 0.264 e. The van der Waals surface area contributed by atoms with Gasteiger partial charge in [-0.2, -0.15) is 0 Å². The number of aromatic nitrogens is 2. The number of fused-ring (bicyclic) bond motifs is 2. The summed E-state index contributed by atoms with van der Waals surface area (Å²) < 4.78 is 29.6. The molecule has 0 atom stereocenters. The van der Waals surface area contributed by atoms with Crippen LogP contribution in [-0.4, -0.2) is 18.4 Å². The second kappa shape index (κ2) is 6.95. The fourth-order valence-corrected chi connectivity index (χ4v) is 5.39. The molecule has 0 fully saturated rings. The van der Waals surface area contributed by atoms with Crippen molar-refractivity contribution in [3.05, 3.63) is 85.1 Å². The average Bonchev–Trinajstić information content (AvgIpc) is 3.18. The van der Waals surface area contributed by atoms with Crippen molar-refractivity contribution < 1.29 is 8.42 Å². The fourth-order valence-electron chi connectivity index (χ4n) is 3.18. The zero-order valence-electron chi connectivity index (χ0n) is 15.1. The second-order valence-corrected chi connectivity index (χ2v) is 9.18. The molecule has 0 spiro atoms. The summed E-state index contributed by atoms with van der Waals surface area (Å²) in [6.45, 7) is 0. The average molecular weight is 418 g/mol. The number of nitrogens with zero attached hydrogens (tertiary/aromatic N) is 2. The molecule has 0 aliphatic heterocycles. The number of rotatable bonds is 4. The molecule has 0 bridgehead atoms. The number of hydrogen-bond donors (Lipinski definition) is 1. The Morgan fingerprint density at radius 3 is 2.45 bits per heavy atom. The van der Waals surface area contributed by atoms with Gasteiger partial charge in [0.1, 0.15) is 9.90 Å². The third-order valence-corrected chi connectivity index (χ3v) is 7.06. The Balaban J connectivity index is 1.45. The lowest BCUT2D eigenvalue weighted by Crippen LogP contribution is -2.13. The van der Waals surface area contributed by atoms with Gasteiger partial charge in [0.25, 0.3) is 10.0 Å². The van der Waals surface area contributed by atoms with Crippen LogP contribution in [0.15, 0.2) is 90.0 Å². The molecule has 0 amide bonds. The Labute approximate surface area is 171 Å². The molecule has 0 saturated heterocycles. The summed E-state index contributed by atoms with van der Waals surface area (Å²) in [4.78, 5) is 9.04. The number of sulfonamides is 1. The van der Waals surface area contributed by atoms with Gasteiger partial charge in [0.2, 0.25) is 0 Å². The summed E-state index contributed by atoms with van der Waals surface area (Å²) >= 11 is 1.61. The molecule has 142 valence electrons. The van der Waals surface area contributed by atoms with Crippen LogP contribution in [0.25, 0.3) is 31.7 Å². The molecule has 0 unspecified atom stereocenters. The number of benzene rings is 3. The lowest BCUT2D eigenvalue weighted by molar-refractivity contribution is 0.602. The van der Waals surface area contributed by atoms with Gasteiger partial charge >= 0.3 is 0 Å². The summed E-state index contributed by atoms with van der Waals surface area (Å²) in [6, 6.07) is 24.0. The van der Waals surface area contributed by atoms with Gasteiger partial charge in [0.05, 0.1) is 15.7 Å². The van der Waals surface area contributed by atoms with E-state index in [9.17, 15) is 8.42 Å². The van der Waals surface area contributed by atoms with Crippen molar-refractivity contribution in [2.45, 2.75) is 4.90 Å². The number of pyridine rings is 1. The van der Waals surface area contributed by atoms with Crippen LogP contribution in [0.2, 0.25) is 0 Å². The quantitative estimate of drug-likeness (QED) is 0.430. The van der Waals surface area contributed by atoms with Crippen molar-refractivity contribution in [3.63, 3.8) is 0 Å². The first kappa shape index (κ1) is 17.8. The van der Waals surface area contributed by atoms with Gasteiger partial charge in [-0.25, -0.2) is 13.4 Å². The van der Waals surface area contributed by atoms with E-state index in [2.05, 4.69) is 14.7 Å². The predicted octanol–water partition coefficient (Wildman–Crippen LogP) is 5.31. The van der Waals surface area contributed by atoms with E-state index in [-0.39, 0.29) is 4.90 Å². The molecule has 29 heavy (non-hydrogen) atoms. The molecule has 0 aliphatic carbocycles. The molecular formula is C22H15N3O2S2. The molecule has 5 nitrogen and oxygen atoms in total. The summed E-state index contributed by atoms with van der Waals surface area (Å²) in [5.74, 6) is 0.